The molecule has 1 fully saturated rings. The molecule has 0 saturated carbocycles. The first-order valence-corrected chi connectivity index (χ1v) is 8.50. The van der Waals surface area contributed by atoms with Gasteiger partial charge in [0.05, 0.1) is 15.8 Å². The number of hydrogen-bond acceptors (Lipinski definition) is 3. The largest absolute Gasteiger partial charge is 0.327 e. The number of benzene rings is 1. The number of imidazole rings is 1. The van der Waals surface area contributed by atoms with Crippen molar-refractivity contribution < 1.29 is 0 Å². The topological polar surface area (TPSA) is 43.8 Å². The van der Waals surface area contributed by atoms with Gasteiger partial charge in [0.25, 0.3) is 0 Å². The fraction of sp³-hybridized carbons (Fsp3) is 0.562. The molecule has 3 nitrogen and oxygen atoms in total. The van der Waals surface area contributed by atoms with Crippen LogP contribution >= 0.6 is 11.8 Å². The fourth-order valence-electron chi connectivity index (χ4n) is 3.11. The number of rotatable bonds is 4. The standard InChI is InChI=1S/C16H23N3S/c1-3-8-19-14-6-5-12(11-17)10-13(14)18-15(19)16(2)7-4-9-20-16/h5-6,10H,3-4,7-9,11,17H2,1-2H3. The van der Waals surface area contributed by atoms with Crippen LogP contribution in [0.2, 0.25) is 0 Å². The van der Waals surface area contributed by atoms with Crippen LogP contribution in [0.4, 0.5) is 0 Å². The molecule has 0 radical (unpaired) electrons. The van der Waals surface area contributed by atoms with Gasteiger partial charge in [-0.05, 0) is 49.6 Å². The third-order valence-electron chi connectivity index (χ3n) is 4.19. The van der Waals surface area contributed by atoms with Crippen molar-refractivity contribution >= 4 is 22.8 Å². The van der Waals surface area contributed by atoms with Crippen LogP contribution in [0, 0.1) is 0 Å². The summed E-state index contributed by atoms with van der Waals surface area (Å²) in [6.45, 7) is 6.21. The van der Waals surface area contributed by atoms with Crippen LogP contribution in [0.15, 0.2) is 18.2 Å². The van der Waals surface area contributed by atoms with E-state index in [0.717, 1.165) is 24.0 Å². The van der Waals surface area contributed by atoms with Gasteiger partial charge >= 0.3 is 0 Å². The Bertz CT molecular complexity index is 611. The van der Waals surface area contributed by atoms with Crippen molar-refractivity contribution in [3.05, 3.63) is 29.6 Å². The van der Waals surface area contributed by atoms with Crippen molar-refractivity contribution in [1.29, 1.82) is 0 Å². The van der Waals surface area contributed by atoms with E-state index in [1.165, 1.54) is 29.9 Å². The lowest BCUT2D eigenvalue weighted by atomic mass is 10.0. The Labute approximate surface area is 124 Å². The minimum Gasteiger partial charge on any atom is -0.327 e. The maximum Gasteiger partial charge on any atom is 0.125 e. The average Bonchev–Trinajstić information content (AvgIpc) is 3.04. The van der Waals surface area contributed by atoms with Crippen LogP contribution in [0.25, 0.3) is 11.0 Å². The molecule has 1 unspecified atom stereocenters. The molecule has 1 aliphatic rings. The normalized spacial score (nSPS) is 22.8. The summed E-state index contributed by atoms with van der Waals surface area (Å²) in [6.07, 6.45) is 3.66. The van der Waals surface area contributed by atoms with Crippen molar-refractivity contribution in [2.24, 2.45) is 5.73 Å². The summed E-state index contributed by atoms with van der Waals surface area (Å²) < 4.78 is 2.60. The Morgan fingerprint density at radius 1 is 1.45 bits per heavy atom. The fourth-order valence-corrected chi connectivity index (χ4v) is 4.42. The molecule has 108 valence electrons. The predicted molar refractivity (Wildman–Crippen MR) is 87.0 cm³/mol. The maximum atomic E-state index is 5.75. The van der Waals surface area contributed by atoms with E-state index in [2.05, 4.69) is 48.4 Å². The van der Waals surface area contributed by atoms with Crippen molar-refractivity contribution in [2.75, 3.05) is 5.75 Å². The molecule has 0 bridgehead atoms. The van der Waals surface area contributed by atoms with Gasteiger partial charge in [-0.15, -0.1) is 11.8 Å². The van der Waals surface area contributed by atoms with E-state index < -0.39 is 0 Å². The summed E-state index contributed by atoms with van der Waals surface area (Å²) >= 11 is 2.05. The zero-order valence-corrected chi connectivity index (χ0v) is 13.2. The smallest absolute Gasteiger partial charge is 0.125 e. The molecule has 1 aromatic heterocycles. The van der Waals surface area contributed by atoms with Gasteiger partial charge in [0.2, 0.25) is 0 Å². The zero-order valence-electron chi connectivity index (χ0n) is 12.4. The molecular formula is C16H23N3S. The van der Waals surface area contributed by atoms with Crippen molar-refractivity contribution in [3.63, 3.8) is 0 Å². The van der Waals surface area contributed by atoms with Gasteiger partial charge in [0, 0.05) is 13.1 Å². The number of fused-ring (bicyclic) bond motifs is 1. The van der Waals surface area contributed by atoms with E-state index in [0.29, 0.717) is 6.54 Å². The third-order valence-corrected chi connectivity index (χ3v) is 5.70. The first-order chi connectivity index (χ1) is 9.68. The second kappa shape index (κ2) is 5.41. The molecule has 0 spiro atoms. The van der Waals surface area contributed by atoms with Crippen LogP contribution in [0.1, 0.15) is 44.5 Å². The quantitative estimate of drug-likeness (QED) is 0.934. The van der Waals surface area contributed by atoms with E-state index in [-0.39, 0.29) is 4.75 Å². The van der Waals surface area contributed by atoms with Gasteiger partial charge < -0.3 is 10.3 Å². The van der Waals surface area contributed by atoms with Crippen molar-refractivity contribution in [2.45, 2.75) is 50.9 Å². The van der Waals surface area contributed by atoms with Gasteiger partial charge in [0.15, 0.2) is 0 Å². The summed E-state index contributed by atoms with van der Waals surface area (Å²) in [5, 5.41) is 0. The minimum atomic E-state index is 0.178. The molecule has 1 saturated heterocycles. The number of nitrogens with two attached hydrogens (primary N) is 1. The minimum absolute atomic E-state index is 0.178. The van der Waals surface area contributed by atoms with E-state index in [1.807, 2.05) is 0 Å². The molecule has 1 aromatic carbocycles. The number of hydrogen-bond donors (Lipinski definition) is 1. The Hall–Kier alpha value is -1.00. The Morgan fingerprint density at radius 3 is 2.95 bits per heavy atom. The Kier molecular flexibility index (Phi) is 3.78. The van der Waals surface area contributed by atoms with Crippen molar-refractivity contribution in [1.82, 2.24) is 9.55 Å². The molecule has 4 heteroatoms. The number of aromatic nitrogens is 2. The molecule has 20 heavy (non-hydrogen) atoms. The third kappa shape index (κ3) is 2.25. The van der Waals surface area contributed by atoms with E-state index >= 15 is 0 Å². The molecule has 2 heterocycles. The number of thioether (sulfide) groups is 1. The van der Waals surface area contributed by atoms with Crippen molar-refractivity contribution in [3.8, 4) is 0 Å². The Balaban J connectivity index is 2.16. The molecule has 2 N–H and O–H groups in total. The average molecular weight is 289 g/mol. The molecule has 1 aliphatic heterocycles. The van der Waals surface area contributed by atoms with E-state index in [4.69, 9.17) is 10.7 Å². The Morgan fingerprint density at radius 2 is 2.30 bits per heavy atom. The zero-order chi connectivity index (χ0) is 14.2. The molecule has 1 atom stereocenters. The van der Waals surface area contributed by atoms with Gasteiger partial charge in [-0.25, -0.2) is 4.98 Å². The highest BCUT2D eigenvalue weighted by atomic mass is 32.2. The summed E-state index contributed by atoms with van der Waals surface area (Å²) in [5.74, 6) is 2.51. The van der Waals surface area contributed by atoms with E-state index in [1.54, 1.807) is 0 Å². The predicted octanol–water partition coefficient (Wildman–Crippen LogP) is 3.65. The highest BCUT2D eigenvalue weighted by Gasteiger charge is 2.36. The number of nitrogens with zero attached hydrogens (tertiary/aromatic N) is 2. The molecular weight excluding hydrogens is 266 g/mol. The summed E-state index contributed by atoms with van der Waals surface area (Å²) in [5.41, 5.74) is 9.27. The summed E-state index contributed by atoms with van der Waals surface area (Å²) in [7, 11) is 0. The SMILES string of the molecule is CCCn1c(C2(C)CCCS2)nc2cc(CN)ccc21. The van der Waals surface area contributed by atoms with Crippen LogP contribution < -0.4 is 5.73 Å². The summed E-state index contributed by atoms with van der Waals surface area (Å²) in [6, 6.07) is 6.46. The van der Waals surface area contributed by atoms with Crippen LogP contribution in [-0.4, -0.2) is 15.3 Å². The lowest BCUT2D eigenvalue weighted by Crippen LogP contribution is -2.20. The second-order valence-electron chi connectivity index (χ2n) is 5.80. The van der Waals surface area contributed by atoms with Crippen LogP contribution in [-0.2, 0) is 17.8 Å². The molecule has 0 aliphatic carbocycles. The molecule has 0 amide bonds. The number of aryl methyl sites for hydroxylation is 1. The highest BCUT2D eigenvalue weighted by Crippen LogP contribution is 2.46. The first kappa shape index (κ1) is 14.0. The van der Waals surface area contributed by atoms with E-state index in [9.17, 15) is 0 Å². The monoisotopic (exact) mass is 289 g/mol. The van der Waals surface area contributed by atoms with Gasteiger partial charge in [-0.2, -0.15) is 0 Å². The van der Waals surface area contributed by atoms with Gasteiger partial charge in [-0.1, -0.05) is 13.0 Å². The molecule has 3 rings (SSSR count). The lowest BCUT2D eigenvalue weighted by Gasteiger charge is -2.23. The van der Waals surface area contributed by atoms with Crippen LogP contribution in [0.5, 0.6) is 0 Å². The summed E-state index contributed by atoms with van der Waals surface area (Å²) in [4.78, 5) is 4.98. The maximum absolute atomic E-state index is 5.75. The van der Waals surface area contributed by atoms with Crippen LogP contribution in [0.3, 0.4) is 0 Å². The highest BCUT2D eigenvalue weighted by molar-refractivity contribution is 8.00. The second-order valence-corrected chi connectivity index (χ2v) is 7.40. The van der Waals surface area contributed by atoms with Gasteiger partial charge in [-0.3, -0.25) is 0 Å². The molecule has 2 aromatic rings. The lowest BCUT2D eigenvalue weighted by molar-refractivity contribution is 0.549. The van der Waals surface area contributed by atoms with Gasteiger partial charge in [0.1, 0.15) is 5.82 Å². The first-order valence-electron chi connectivity index (χ1n) is 7.51.